The van der Waals surface area contributed by atoms with Crippen LogP contribution in [-0.2, 0) is 0 Å². The molecule has 0 bridgehead atoms. The van der Waals surface area contributed by atoms with Crippen LogP contribution < -0.4 is 11.1 Å². The molecular formula is C16H12ClN3S. The number of hydrogen-bond acceptors (Lipinski definition) is 3. The first kappa shape index (κ1) is 13.8. The second kappa shape index (κ2) is 5.68. The van der Waals surface area contributed by atoms with Crippen molar-refractivity contribution in [2.24, 2.45) is 5.73 Å². The van der Waals surface area contributed by atoms with Gasteiger partial charge in [-0.25, -0.2) is 0 Å². The fourth-order valence-corrected chi connectivity index (χ4v) is 2.55. The average molecular weight is 314 g/mol. The van der Waals surface area contributed by atoms with Crippen LogP contribution in [0.1, 0.15) is 5.56 Å². The van der Waals surface area contributed by atoms with Gasteiger partial charge >= 0.3 is 0 Å². The van der Waals surface area contributed by atoms with E-state index in [1.165, 1.54) is 0 Å². The quantitative estimate of drug-likeness (QED) is 0.709. The van der Waals surface area contributed by atoms with Crippen molar-refractivity contribution >= 4 is 51.0 Å². The zero-order valence-corrected chi connectivity index (χ0v) is 12.6. The minimum Gasteiger partial charge on any atom is -0.389 e. The van der Waals surface area contributed by atoms with E-state index >= 15 is 0 Å². The maximum atomic E-state index is 6.01. The Morgan fingerprint density at radius 2 is 2.00 bits per heavy atom. The molecule has 1 aromatic heterocycles. The van der Waals surface area contributed by atoms with E-state index in [1.807, 2.05) is 36.5 Å². The van der Waals surface area contributed by atoms with Gasteiger partial charge in [-0.05, 0) is 30.3 Å². The van der Waals surface area contributed by atoms with Gasteiger partial charge in [0.15, 0.2) is 0 Å². The van der Waals surface area contributed by atoms with Crippen molar-refractivity contribution < 1.29 is 0 Å². The van der Waals surface area contributed by atoms with Crippen LogP contribution in [0.25, 0.3) is 10.8 Å². The predicted molar refractivity (Wildman–Crippen MR) is 92.4 cm³/mol. The lowest BCUT2D eigenvalue weighted by Crippen LogP contribution is -2.12. The Labute approximate surface area is 132 Å². The lowest BCUT2D eigenvalue weighted by Gasteiger charge is -2.13. The minimum absolute atomic E-state index is 0.307. The molecule has 0 saturated carbocycles. The normalized spacial score (nSPS) is 10.5. The number of pyridine rings is 1. The number of nitrogens with one attached hydrogen (secondary N) is 1. The number of aromatic nitrogens is 1. The largest absolute Gasteiger partial charge is 0.389 e. The van der Waals surface area contributed by atoms with Crippen LogP contribution in [0.5, 0.6) is 0 Å². The van der Waals surface area contributed by atoms with Crippen molar-refractivity contribution in [1.29, 1.82) is 0 Å². The van der Waals surface area contributed by atoms with Gasteiger partial charge < -0.3 is 11.1 Å². The van der Waals surface area contributed by atoms with Crippen LogP contribution in [0.3, 0.4) is 0 Å². The van der Waals surface area contributed by atoms with Crippen LogP contribution in [0, 0.1) is 0 Å². The summed E-state index contributed by atoms with van der Waals surface area (Å²) in [4.78, 5) is 4.44. The Morgan fingerprint density at radius 3 is 2.81 bits per heavy atom. The molecule has 0 aliphatic carbocycles. The van der Waals surface area contributed by atoms with Crippen molar-refractivity contribution in [2.45, 2.75) is 0 Å². The van der Waals surface area contributed by atoms with E-state index in [9.17, 15) is 0 Å². The third-order valence-electron chi connectivity index (χ3n) is 3.20. The number of hydrogen-bond donors (Lipinski definition) is 2. The summed E-state index contributed by atoms with van der Waals surface area (Å²) in [6, 6.07) is 13.4. The zero-order chi connectivity index (χ0) is 14.8. The lowest BCUT2D eigenvalue weighted by molar-refractivity contribution is 1.36. The summed E-state index contributed by atoms with van der Waals surface area (Å²) < 4.78 is 0. The van der Waals surface area contributed by atoms with Crippen molar-refractivity contribution in [1.82, 2.24) is 4.98 Å². The van der Waals surface area contributed by atoms with Gasteiger partial charge in [-0.2, -0.15) is 0 Å². The van der Waals surface area contributed by atoms with Gasteiger partial charge in [0.25, 0.3) is 0 Å². The molecule has 3 aromatic rings. The first-order valence-electron chi connectivity index (χ1n) is 6.34. The van der Waals surface area contributed by atoms with E-state index in [2.05, 4.69) is 10.3 Å². The number of fused-ring (bicyclic) bond motifs is 1. The van der Waals surface area contributed by atoms with Gasteiger partial charge in [0, 0.05) is 45.1 Å². The molecule has 0 spiro atoms. The van der Waals surface area contributed by atoms with Crippen LogP contribution in [-0.4, -0.2) is 9.97 Å². The highest BCUT2D eigenvalue weighted by molar-refractivity contribution is 7.80. The summed E-state index contributed by atoms with van der Waals surface area (Å²) in [7, 11) is 0. The molecule has 21 heavy (non-hydrogen) atoms. The molecule has 0 aliphatic rings. The molecule has 0 atom stereocenters. The molecule has 3 rings (SSSR count). The van der Waals surface area contributed by atoms with E-state index in [1.54, 1.807) is 18.3 Å². The molecular weight excluding hydrogens is 302 g/mol. The third-order valence-corrected chi connectivity index (χ3v) is 3.65. The summed E-state index contributed by atoms with van der Waals surface area (Å²) in [6.07, 6.45) is 3.60. The Bertz CT molecular complexity index is 827. The smallest absolute Gasteiger partial charge is 0.106 e. The summed E-state index contributed by atoms with van der Waals surface area (Å²) in [6.45, 7) is 0. The fourth-order valence-electron chi connectivity index (χ4n) is 2.21. The topological polar surface area (TPSA) is 50.9 Å². The van der Waals surface area contributed by atoms with Crippen molar-refractivity contribution in [3.63, 3.8) is 0 Å². The standard InChI is InChI=1S/C16H12ClN3S/c17-11-4-5-15(13(8-11)16(18)21)20-14-3-1-2-10-9-19-7-6-12(10)14/h1-9,20H,(H2,18,21). The summed E-state index contributed by atoms with van der Waals surface area (Å²) in [5.74, 6) is 0. The van der Waals surface area contributed by atoms with Gasteiger partial charge in [-0.3, -0.25) is 4.98 Å². The summed E-state index contributed by atoms with van der Waals surface area (Å²) in [5, 5.41) is 6.12. The van der Waals surface area contributed by atoms with E-state index in [4.69, 9.17) is 29.6 Å². The zero-order valence-electron chi connectivity index (χ0n) is 11.0. The first-order chi connectivity index (χ1) is 10.1. The predicted octanol–water partition coefficient (Wildman–Crippen LogP) is 4.27. The van der Waals surface area contributed by atoms with Gasteiger partial charge in [0.2, 0.25) is 0 Å². The SMILES string of the molecule is NC(=S)c1cc(Cl)ccc1Nc1cccc2cnccc12. The highest BCUT2D eigenvalue weighted by atomic mass is 35.5. The minimum atomic E-state index is 0.307. The number of nitrogens with zero attached hydrogens (tertiary/aromatic N) is 1. The van der Waals surface area contributed by atoms with Crippen LogP contribution in [0.15, 0.2) is 54.9 Å². The molecule has 5 heteroatoms. The molecule has 104 valence electrons. The highest BCUT2D eigenvalue weighted by Gasteiger charge is 2.08. The highest BCUT2D eigenvalue weighted by Crippen LogP contribution is 2.28. The monoisotopic (exact) mass is 313 g/mol. The maximum absolute atomic E-state index is 6.01. The lowest BCUT2D eigenvalue weighted by atomic mass is 10.1. The fraction of sp³-hybridized carbons (Fsp3) is 0. The third kappa shape index (κ3) is 2.82. The Balaban J connectivity index is 2.09. The Kier molecular flexibility index (Phi) is 3.73. The van der Waals surface area contributed by atoms with Gasteiger partial charge in [0.1, 0.15) is 4.99 Å². The molecule has 0 aliphatic heterocycles. The van der Waals surface area contributed by atoms with Crippen molar-refractivity contribution in [2.75, 3.05) is 5.32 Å². The number of rotatable bonds is 3. The first-order valence-corrected chi connectivity index (χ1v) is 7.13. The van der Waals surface area contributed by atoms with Gasteiger partial charge in [-0.1, -0.05) is 36.0 Å². The molecule has 0 saturated heterocycles. The molecule has 0 fully saturated rings. The number of thiocarbonyl (C=S) groups is 1. The number of anilines is 2. The second-order valence-electron chi connectivity index (χ2n) is 4.58. The van der Waals surface area contributed by atoms with Crippen LogP contribution in [0.2, 0.25) is 5.02 Å². The van der Waals surface area contributed by atoms with E-state index in [-0.39, 0.29) is 0 Å². The number of halogens is 1. The molecule has 1 heterocycles. The molecule has 3 N–H and O–H groups in total. The molecule has 0 unspecified atom stereocenters. The molecule has 2 aromatic carbocycles. The van der Waals surface area contributed by atoms with Gasteiger partial charge in [-0.15, -0.1) is 0 Å². The molecule has 0 radical (unpaired) electrons. The van der Waals surface area contributed by atoms with Crippen LogP contribution >= 0.6 is 23.8 Å². The Hall–Kier alpha value is -2.17. The van der Waals surface area contributed by atoms with E-state index < -0.39 is 0 Å². The van der Waals surface area contributed by atoms with Crippen molar-refractivity contribution in [3.05, 3.63) is 65.4 Å². The maximum Gasteiger partial charge on any atom is 0.106 e. The van der Waals surface area contributed by atoms with E-state index in [0.717, 1.165) is 27.7 Å². The van der Waals surface area contributed by atoms with Crippen molar-refractivity contribution in [3.8, 4) is 0 Å². The Morgan fingerprint density at radius 1 is 1.14 bits per heavy atom. The van der Waals surface area contributed by atoms with E-state index in [0.29, 0.717) is 10.0 Å². The van der Waals surface area contributed by atoms with Crippen LogP contribution in [0.4, 0.5) is 11.4 Å². The average Bonchev–Trinajstić information content (AvgIpc) is 2.49. The summed E-state index contributed by atoms with van der Waals surface area (Å²) >= 11 is 11.1. The molecule has 0 amide bonds. The second-order valence-corrected chi connectivity index (χ2v) is 5.46. The van der Waals surface area contributed by atoms with Gasteiger partial charge in [0.05, 0.1) is 0 Å². The number of nitrogens with two attached hydrogens (primary N) is 1. The molecule has 3 nitrogen and oxygen atoms in total. The summed E-state index contributed by atoms with van der Waals surface area (Å²) in [5.41, 5.74) is 8.30. The number of benzene rings is 2.